The Balaban J connectivity index is 1.55. The monoisotopic (exact) mass is 379 g/mol. The molecular formula is C20H25N7O. The van der Waals surface area contributed by atoms with Gasteiger partial charge < -0.3 is 15.1 Å². The molecule has 0 radical (unpaired) electrons. The first-order valence-electron chi connectivity index (χ1n) is 9.70. The summed E-state index contributed by atoms with van der Waals surface area (Å²) in [5, 5.41) is 16.3. The van der Waals surface area contributed by atoms with Crippen molar-refractivity contribution >= 4 is 17.5 Å². The van der Waals surface area contributed by atoms with Gasteiger partial charge in [0.1, 0.15) is 5.82 Å². The van der Waals surface area contributed by atoms with Crippen molar-refractivity contribution in [3.63, 3.8) is 0 Å². The van der Waals surface area contributed by atoms with E-state index in [9.17, 15) is 4.79 Å². The SMILES string of the molecule is CC(C)NC(=O)N1CCCN(c2ccc3nnc(-c4ccccc4)n3n2)CC1. The lowest BCUT2D eigenvalue weighted by Crippen LogP contribution is -2.44. The molecule has 1 N–H and O–H groups in total. The van der Waals surface area contributed by atoms with Gasteiger partial charge >= 0.3 is 6.03 Å². The van der Waals surface area contributed by atoms with Crippen LogP contribution < -0.4 is 10.2 Å². The van der Waals surface area contributed by atoms with Crippen molar-refractivity contribution in [1.82, 2.24) is 30.0 Å². The summed E-state index contributed by atoms with van der Waals surface area (Å²) in [6, 6.07) is 14.0. The molecule has 2 amide bonds. The molecule has 3 heterocycles. The van der Waals surface area contributed by atoms with E-state index in [-0.39, 0.29) is 12.1 Å². The molecule has 0 aliphatic carbocycles. The van der Waals surface area contributed by atoms with E-state index in [4.69, 9.17) is 5.10 Å². The van der Waals surface area contributed by atoms with Crippen LogP contribution in [0.2, 0.25) is 0 Å². The largest absolute Gasteiger partial charge is 0.353 e. The van der Waals surface area contributed by atoms with Crippen LogP contribution in [0.15, 0.2) is 42.5 Å². The molecule has 0 unspecified atom stereocenters. The van der Waals surface area contributed by atoms with Gasteiger partial charge in [0.05, 0.1) is 0 Å². The zero-order chi connectivity index (χ0) is 19.5. The number of amides is 2. The third kappa shape index (κ3) is 3.76. The lowest BCUT2D eigenvalue weighted by Gasteiger charge is -2.23. The number of anilines is 1. The second-order valence-electron chi connectivity index (χ2n) is 7.28. The van der Waals surface area contributed by atoms with Crippen LogP contribution in [-0.2, 0) is 0 Å². The van der Waals surface area contributed by atoms with Gasteiger partial charge in [0.15, 0.2) is 11.5 Å². The molecule has 1 aliphatic rings. The lowest BCUT2D eigenvalue weighted by atomic mass is 10.2. The highest BCUT2D eigenvalue weighted by Gasteiger charge is 2.21. The number of benzene rings is 1. The van der Waals surface area contributed by atoms with Crippen molar-refractivity contribution in [2.24, 2.45) is 0 Å². The summed E-state index contributed by atoms with van der Waals surface area (Å²) in [5.74, 6) is 1.60. The molecule has 1 saturated heterocycles. The van der Waals surface area contributed by atoms with Crippen LogP contribution in [0.5, 0.6) is 0 Å². The van der Waals surface area contributed by atoms with Crippen molar-refractivity contribution in [2.45, 2.75) is 26.3 Å². The maximum atomic E-state index is 12.3. The van der Waals surface area contributed by atoms with Crippen LogP contribution in [0.25, 0.3) is 17.0 Å². The van der Waals surface area contributed by atoms with Crippen molar-refractivity contribution < 1.29 is 4.79 Å². The molecule has 1 aliphatic heterocycles. The molecule has 0 saturated carbocycles. The number of aromatic nitrogens is 4. The minimum Gasteiger partial charge on any atom is -0.353 e. The fourth-order valence-corrected chi connectivity index (χ4v) is 3.40. The zero-order valence-electron chi connectivity index (χ0n) is 16.2. The van der Waals surface area contributed by atoms with E-state index in [2.05, 4.69) is 20.4 Å². The van der Waals surface area contributed by atoms with E-state index in [0.717, 1.165) is 48.9 Å². The first-order valence-corrected chi connectivity index (χ1v) is 9.70. The van der Waals surface area contributed by atoms with Crippen LogP contribution in [0.1, 0.15) is 20.3 Å². The summed E-state index contributed by atoms with van der Waals surface area (Å²) >= 11 is 0. The highest BCUT2D eigenvalue weighted by atomic mass is 16.2. The van der Waals surface area contributed by atoms with E-state index >= 15 is 0 Å². The minimum atomic E-state index is 0.00503. The lowest BCUT2D eigenvalue weighted by molar-refractivity contribution is 0.199. The Bertz CT molecular complexity index is 954. The standard InChI is InChI=1S/C20H25N7O/c1-15(2)21-20(28)26-12-6-11-25(13-14-26)18-10-9-17-22-23-19(27(17)24-18)16-7-4-3-5-8-16/h3-5,7-10,15H,6,11-14H2,1-2H3,(H,21,28). The Hall–Kier alpha value is -3.16. The average Bonchev–Trinajstić information content (AvgIpc) is 2.95. The Morgan fingerprint density at radius 2 is 1.82 bits per heavy atom. The van der Waals surface area contributed by atoms with Gasteiger partial charge in [-0.1, -0.05) is 30.3 Å². The fourth-order valence-electron chi connectivity index (χ4n) is 3.40. The van der Waals surface area contributed by atoms with Gasteiger partial charge in [-0.05, 0) is 32.4 Å². The summed E-state index contributed by atoms with van der Waals surface area (Å²) in [4.78, 5) is 16.4. The van der Waals surface area contributed by atoms with Crippen molar-refractivity contribution in [3.05, 3.63) is 42.5 Å². The second-order valence-corrected chi connectivity index (χ2v) is 7.28. The van der Waals surface area contributed by atoms with Gasteiger partial charge in [0.25, 0.3) is 0 Å². The summed E-state index contributed by atoms with van der Waals surface area (Å²) in [7, 11) is 0. The first kappa shape index (κ1) is 18.2. The molecule has 3 aromatic rings. The number of rotatable bonds is 3. The fraction of sp³-hybridized carbons (Fsp3) is 0.400. The average molecular weight is 379 g/mol. The minimum absolute atomic E-state index is 0.00503. The van der Waals surface area contributed by atoms with Crippen LogP contribution >= 0.6 is 0 Å². The molecule has 0 bridgehead atoms. The maximum Gasteiger partial charge on any atom is 0.317 e. The van der Waals surface area contributed by atoms with Gasteiger partial charge in [0, 0.05) is 37.8 Å². The number of nitrogens with zero attached hydrogens (tertiary/aromatic N) is 6. The quantitative estimate of drug-likeness (QED) is 0.756. The molecule has 8 heteroatoms. The molecular weight excluding hydrogens is 354 g/mol. The highest BCUT2D eigenvalue weighted by Crippen LogP contribution is 2.20. The molecule has 1 aromatic carbocycles. The smallest absolute Gasteiger partial charge is 0.317 e. The first-order chi connectivity index (χ1) is 13.6. The van der Waals surface area contributed by atoms with E-state index in [1.54, 1.807) is 4.52 Å². The van der Waals surface area contributed by atoms with Crippen LogP contribution in [0.4, 0.5) is 10.6 Å². The maximum absolute atomic E-state index is 12.3. The number of carbonyl (C=O) groups excluding carboxylic acids is 1. The molecule has 146 valence electrons. The van der Waals surface area contributed by atoms with Crippen LogP contribution in [0.3, 0.4) is 0 Å². The number of fused-ring (bicyclic) bond motifs is 1. The number of nitrogens with one attached hydrogen (secondary N) is 1. The van der Waals surface area contributed by atoms with E-state index in [1.165, 1.54) is 0 Å². The topological polar surface area (TPSA) is 78.7 Å². The Morgan fingerprint density at radius 1 is 1.00 bits per heavy atom. The van der Waals surface area contributed by atoms with Crippen LogP contribution in [-0.4, -0.2) is 63.0 Å². The molecule has 0 atom stereocenters. The van der Waals surface area contributed by atoms with Gasteiger partial charge in [-0.3, -0.25) is 0 Å². The van der Waals surface area contributed by atoms with Gasteiger partial charge in [0.2, 0.25) is 0 Å². The summed E-state index contributed by atoms with van der Waals surface area (Å²) < 4.78 is 1.79. The molecule has 8 nitrogen and oxygen atoms in total. The predicted molar refractivity (Wildman–Crippen MR) is 108 cm³/mol. The molecule has 1 fully saturated rings. The predicted octanol–water partition coefficient (Wildman–Crippen LogP) is 2.42. The number of hydrogen-bond donors (Lipinski definition) is 1. The molecule has 0 spiro atoms. The normalized spacial score (nSPS) is 15.1. The number of urea groups is 1. The molecule has 4 rings (SSSR count). The van der Waals surface area contributed by atoms with Crippen LogP contribution in [0, 0.1) is 0 Å². The highest BCUT2D eigenvalue weighted by molar-refractivity contribution is 5.74. The van der Waals surface area contributed by atoms with Gasteiger partial charge in [-0.15, -0.1) is 15.3 Å². The zero-order valence-corrected chi connectivity index (χ0v) is 16.2. The number of hydrogen-bond acceptors (Lipinski definition) is 5. The third-order valence-corrected chi connectivity index (χ3v) is 4.80. The summed E-state index contributed by atoms with van der Waals surface area (Å²) in [5.41, 5.74) is 1.70. The Kier molecular flexibility index (Phi) is 5.10. The summed E-state index contributed by atoms with van der Waals surface area (Å²) in [6.45, 7) is 6.97. The van der Waals surface area contributed by atoms with Crippen molar-refractivity contribution in [2.75, 3.05) is 31.1 Å². The van der Waals surface area contributed by atoms with E-state index in [1.807, 2.05) is 61.2 Å². The van der Waals surface area contributed by atoms with Crippen molar-refractivity contribution in [1.29, 1.82) is 0 Å². The third-order valence-electron chi connectivity index (χ3n) is 4.80. The number of carbonyl (C=O) groups is 1. The Labute approximate surface area is 164 Å². The molecule has 28 heavy (non-hydrogen) atoms. The Morgan fingerprint density at radius 3 is 2.61 bits per heavy atom. The summed E-state index contributed by atoms with van der Waals surface area (Å²) in [6.07, 6.45) is 0.902. The van der Waals surface area contributed by atoms with E-state index in [0.29, 0.717) is 6.54 Å². The second kappa shape index (κ2) is 7.84. The van der Waals surface area contributed by atoms with E-state index < -0.39 is 0 Å². The van der Waals surface area contributed by atoms with Crippen molar-refractivity contribution in [3.8, 4) is 11.4 Å². The molecule has 2 aromatic heterocycles. The van der Waals surface area contributed by atoms with Gasteiger partial charge in [-0.25, -0.2) is 4.79 Å². The van der Waals surface area contributed by atoms with Gasteiger partial charge in [-0.2, -0.15) is 4.52 Å².